The van der Waals surface area contributed by atoms with Crippen molar-refractivity contribution in [1.29, 1.82) is 0 Å². The first kappa shape index (κ1) is 29.9. The SMILES string of the molecule is CCCCOc1ccc(-c2cnc(C)c(C(OC(C)(C)C)C(=O)OC(C)C)c2N2CCC(C)(C)CC2)nc1. The molecule has 0 spiro atoms. The third-order valence-corrected chi connectivity index (χ3v) is 6.80. The smallest absolute Gasteiger partial charge is 0.340 e. The predicted molar refractivity (Wildman–Crippen MR) is 153 cm³/mol. The van der Waals surface area contributed by atoms with Crippen LogP contribution in [0.4, 0.5) is 5.69 Å². The van der Waals surface area contributed by atoms with Crippen molar-refractivity contribution < 1.29 is 19.0 Å². The summed E-state index contributed by atoms with van der Waals surface area (Å²) in [6, 6.07) is 3.93. The largest absolute Gasteiger partial charge is 0.492 e. The summed E-state index contributed by atoms with van der Waals surface area (Å²) in [5.41, 5.74) is 3.83. The Morgan fingerprint density at radius 3 is 2.34 bits per heavy atom. The number of unbranched alkanes of at least 4 members (excludes halogenated alkanes) is 1. The number of aryl methyl sites for hydroxylation is 1. The number of carbonyl (C=O) groups is 1. The molecule has 1 unspecified atom stereocenters. The average molecular weight is 526 g/mol. The Hall–Kier alpha value is -2.67. The van der Waals surface area contributed by atoms with Gasteiger partial charge in [0.05, 0.1) is 35.9 Å². The minimum Gasteiger partial charge on any atom is -0.492 e. The average Bonchev–Trinajstić information content (AvgIpc) is 2.82. The van der Waals surface area contributed by atoms with E-state index in [-0.39, 0.29) is 11.5 Å². The van der Waals surface area contributed by atoms with Gasteiger partial charge < -0.3 is 19.1 Å². The standard InChI is InChI=1S/C31H47N3O4/c1-10-11-18-36-23-12-13-25(33-19-23)24-20-32-22(4)26(27(24)34-16-14-31(8,9)15-17-34)28(38-30(5,6)7)29(35)37-21(2)3/h12-13,19-21,28H,10-11,14-18H2,1-9H3. The van der Waals surface area contributed by atoms with Crippen LogP contribution >= 0.6 is 0 Å². The van der Waals surface area contributed by atoms with E-state index in [1.807, 2.05) is 59.9 Å². The van der Waals surface area contributed by atoms with Crippen LogP contribution in [0.1, 0.15) is 98.4 Å². The number of piperidine rings is 1. The van der Waals surface area contributed by atoms with Gasteiger partial charge in [-0.3, -0.25) is 9.97 Å². The molecule has 0 N–H and O–H groups in total. The van der Waals surface area contributed by atoms with Crippen molar-refractivity contribution in [3.63, 3.8) is 0 Å². The molecule has 3 heterocycles. The Morgan fingerprint density at radius 1 is 1.11 bits per heavy atom. The highest BCUT2D eigenvalue weighted by atomic mass is 16.6. The molecule has 0 amide bonds. The van der Waals surface area contributed by atoms with E-state index in [9.17, 15) is 4.79 Å². The quantitative estimate of drug-likeness (QED) is 0.243. The summed E-state index contributed by atoms with van der Waals surface area (Å²) in [7, 11) is 0. The monoisotopic (exact) mass is 525 g/mol. The number of nitrogens with zero attached hydrogens (tertiary/aromatic N) is 3. The maximum atomic E-state index is 13.5. The second-order valence-corrected chi connectivity index (χ2v) is 12.3. The van der Waals surface area contributed by atoms with Crippen LogP contribution in [0.25, 0.3) is 11.3 Å². The van der Waals surface area contributed by atoms with Gasteiger partial charge in [0.25, 0.3) is 0 Å². The topological polar surface area (TPSA) is 73.8 Å². The lowest BCUT2D eigenvalue weighted by Gasteiger charge is -2.41. The van der Waals surface area contributed by atoms with Gasteiger partial charge in [0.15, 0.2) is 6.10 Å². The van der Waals surface area contributed by atoms with E-state index in [0.29, 0.717) is 6.61 Å². The Kier molecular flexibility index (Phi) is 9.80. The maximum absolute atomic E-state index is 13.5. The normalized spacial score (nSPS) is 16.4. The molecule has 2 aromatic rings. The molecule has 0 radical (unpaired) electrons. The number of hydrogen-bond acceptors (Lipinski definition) is 7. The molecule has 7 heteroatoms. The van der Waals surface area contributed by atoms with Gasteiger partial charge >= 0.3 is 5.97 Å². The minimum absolute atomic E-state index is 0.258. The van der Waals surface area contributed by atoms with Crippen LogP contribution in [-0.4, -0.2) is 47.3 Å². The highest BCUT2D eigenvalue weighted by molar-refractivity contribution is 5.86. The summed E-state index contributed by atoms with van der Waals surface area (Å²) in [5, 5.41) is 0. The molecule has 7 nitrogen and oxygen atoms in total. The third-order valence-electron chi connectivity index (χ3n) is 6.80. The number of ether oxygens (including phenoxy) is 3. The maximum Gasteiger partial charge on any atom is 0.340 e. The van der Waals surface area contributed by atoms with Crippen molar-refractivity contribution in [3.8, 4) is 17.0 Å². The van der Waals surface area contributed by atoms with E-state index in [1.54, 1.807) is 6.20 Å². The van der Waals surface area contributed by atoms with Gasteiger partial charge in [-0.2, -0.15) is 0 Å². The first-order valence-corrected chi connectivity index (χ1v) is 14.0. The van der Waals surface area contributed by atoms with Gasteiger partial charge in [-0.25, -0.2) is 4.79 Å². The Labute approximate surface area is 229 Å². The molecule has 1 saturated heterocycles. The van der Waals surface area contributed by atoms with Crippen molar-refractivity contribution in [2.45, 2.75) is 106 Å². The molecule has 0 saturated carbocycles. The lowest BCUT2D eigenvalue weighted by atomic mass is 9.82. The van der Waals surface area contributed by atoms with Gasteiger partial charge in [-0.1, -0.05) is 27.2 Å². The lowest BCUT2D eigenvalue weighted by molar-refractivity contribution is -0.171. The van der Waals surface area contributed by atoms with Gasteiger partial charge in [-0.15, -0.1) is 0 Å². The fourth-order valence-electron chi connectivity index (χ4n) is 4.62. The molecule has 3 rings (SSSR count). The zero-order valence-corrected chi connectivity index (χ0v) is 24.9. The van der Waals surface area contributed by atoms with Crippen LogP contribution in [0.5, 0.6) is 5.75 Å². The molecule has 1 aliphatic rings. The number of rotatable bonds is 10. The molecule has 1 atom stereocenters. The first-order valence-electron chi connectivity index (χ1n) is 14.0. The first-order chi connectivity index (χ1) is 17.8. The summed E-state index contributed by atoms with van der Waals surface area (Å²) in [4.78, 5) is 25.4. The van der Waals surface area contributed by atoms with Crippen molar-refractivity contribution in [2.24, 2.45) is 5.41 Å². The number of anilines is 1. The number of aromatic nitrogens is 2. The summed E-state index contributed by atoms with van der Waals surface area (Å²) >= 11 is 0. The summed E-state index contributed by atoms with van der Waals surface area (Å²) in [5.74, 6) is 0.349. The number of esters is 1. The molecule has 0 aromatic carbocycles. The van der Waals surface area contributed by atoms with Crippen LogP contribution in [0.15, 0.2) is 24.5 Å². The Morgan fingerprint density at radius 2 is 1.79 bits per heavy atom. The van der Waals surface area contributed by atoms with E-state index in [0.717, 1.165) is 72.7 Å². The van der Waals surface area contributed by atoms with Crippen LogP contribution in [-0.2, 0) is 14.3 Å². The van der Waals surface area contributed by atoms with Crippen molar-refractivity contribution in [3.05, 3.63) is 35.8 Å². The summed E-state index contributed by atoms with van der Waals surface area (Å²) in [6.07, 6.45) is 6.65. The number of carbonyl (C=O) groups excluding carboxylic acids is 1. The van der Waals surface area contributed by atoms with Crippen LogP contribution in [0, 0.1) is 12.3 Å². The molecule has 38 heavy (non-hydrogen) atoms. The van der Waals surface area contributed by atoms with Crippen molar-refractivity contribution in [1.82, 2.24) is 9.97 Å². The van der Waals surface area contributed by atoms with E-state index in [2.05, 4.69) is 25.7 Å². The molecular weight excluding hydrogens is 478 g/mol. The molecule has 1 fully saturated rings. The Bertz CT molecular complexity index is 1060. The zero-order valence-electron chi connectivity index (χ0n) is 24.9. The molecular formula is C31H47N3O4. The van der Waals surface area contributed by atoms with E-state index < -0.39 is 17.7 Å². The van der Waals surface area contributed by atoms with E-state index >= 15 is 0 Å². The number of hydrogen-bond donors (Lipinski definition) is 0. The molecule has 210 valence electrons. The number of pyridine rings is 2. The lowest BCUT2D eigenvalue weighted by Crippen LogP contribution is -2.39. The van der Waals surface area contributed by atoms with E-state index in [1.165, 1.54) is 0 Å². The molecule has 0 bridgehead atoms. The Balaban J connectivity index is 2.15. The predicted octanol–water partition coefficient (Wildman–Crippen LogP) is 7.07. The van der Waals surface area contributed by atoms with Gasteiger partial charge in [-0.05, 0) is 78.4 Å². The highest BCUT2D eigenvalue weighted by Crippen LogP contribution is 2.43. The van der Waals surface area contributed by atoms with Crippen LogP contribution in [0.2, 0.25) is 0 Å². The summed E-state index contributed by atoms with van der Waals surface area (Å²) in [6.45, 7) is 20.7. The van der Waals surface area contributed by atoms with Crippen LogP contribution in [0.3, 0.4) is 0 Å². The van der Waals surface area contributed by atoms with Gasteiger partial charge in [0.2, 0.25) is 0 Å². The van der Waals surface area contributed by atoms with Crippen LogP contribution < -0.4 is 9.64 Å². The minimum atomic E-state index is -0.911. The van der Waals surface area contributed by atoms with Crippen molar-refractivity contribution in [2.75, 3.05) is 24.6 Å². The van der Waals surface area contributed by atoms with Crippen molar-refractivity contribution >= 4 is 11.7 Å². The third kappa shape index (κ3) is 7.92. The second-order valence-electron chi connectivity index (χ2n) is 12.3. The zero-order chi connectivity index (χ0) is 28.1. The van der Waals surface area contributed by atoms with Gasteiger partial charge in [0.1, 0.15) is 5.75 Å². The molecule has 0 aliphatic carbocycles. The molecule has 2 aromatic heterocycles. The summed E-state index contributed by atoms with van der Waals surface area (Å²) < 4.78 is 18.0. The van der Waals surface area contributed by atoms with E-state index in [4.69, 9.17) is 24.2 Å². The second kappa shape index (κ2) is 12.5. The molecule has 1 aliphatic heterocycles. The fraction of sp³-hybridized carbons (Fsp3) is 0.645. The highest BCUT2D eigenvalue weighted by Gasteiger charge is 2.37. The fourth-order valence-corrected chi connectivity index (χ4v) is 4.62. The van der Waals surface area contributed by atoms with Gasteiger partial charge in [0, 0.05) is 36.1 Å².